The van der Waals surface area contributed by atoms with E-state index in [0.717, 1.165) is 30.6 Å². The van der Waals surface area contributed by atoms with Crippen LogP contribution >= 0.6 is 11.8 Å². The Morgan fingerprint density at radius 3 is 2.43 bits per heavy atom. The van der Waals surface area contributed by atoms with Crippen LogP contribution in [0.5, 0.6) is 0 Å². The van der Waals surface area contributed by atoms with Gasteiger partial charge in [-0.3, -0.25) is 10.1 Å². The summed E-state index contributed by atoms with van der Waals surface area (Å²) in [5.74, 6) is 0. The molecular weight excluding hydrogens is 396 g/mol. The third kappa shape index (κ3) is 4.56. The lowest BCUT2D eigenvalue weighted by Crippen LogP contribution is -2.48. The van der Waals surface area contributed by atoms with Crippen molar-refractivity contribution in [2.24, 2.45) is 0 Å². The summed E-state index contributed by atoms with van der Waals surface area (Å²) in [6, 6.07) is 15.1. The molecule has 2 aromatic rings. The van der Waals surface area contributed by atoms with Gasteiger partial charge in [0.1, 0.15) is 0 Å². The van der Waals surface area contributed by atoms with Crippen molar-refractivity contribution < 1.29 is 13.3 Å². The third-order valence-electron chi connectivity index (χ3n) is 5.01. The summed E-state index contributed by atoms with van der Waals surface area (Å²) >= 11 is 1.72. The van der Waals surface area contributed by atoms with E-state index in [9.17, 15) is 18.5 Å². The first kappa shape index (κ1) is 20.8. The van der Waals surface area contributed by atoms with E-state index < -0.39 is 14.9 Å². The van der Waals surface area contributed by atoms with Crippen molar-refractivity contribution in [3.63, 3.8) is 0 Å². The topological polar surface area (TPSA) is 80.5 Å². The minimum atomic E-state index is -3.70. The smallest absolute Gasteiger partial charge is 0.258 e. The van der Waals surface area contributed by atoms with Gasteiger partial charge in [-0.25, -0.2) is 8.42 Å². The molecule has 0 N–H and O–H groups in total. The predicted molar refractivity (Wildman–Crippen MR) is 111 cm³/mol. The average Bonchev–Trinajstić information content (AvgIpc) is 2.73. The Labute approximate surface area is 170 Å². The molecule has 1 aliphatic heterocycles. The van der Waals surface area contributed by atoms with E-state index in [1.807, 2.05) is 30.3 Å². The van der Waals surface area contributed by atoms with Gasteiger partial charge in [-0.15, -0.1) is 11.8 Å². The molecule has 0 spiro atoms. The highest BCUT2D eigenvalue weighted by molar-refractivity contribution is 8.00. The van der Waals surface area contributed by atoms with E-state index in [0.29, 0.717) is 6.54 Å². The fourth-order valence-corrected chi connectivity index (χ4v) is 6.66. The van der Waals surface area contributed by atoms with E-state index in [1.165, 1.54) is 24.3 Å². The van der Waals surface area contributed by atoms with Crippen LogP contribution in [0.3, 0.4) is 0 Å². The molecule has 0 saturated carbocycles. The van der Waals surface area contributed by atoms with Crippen LogP contribution in [0.1, 0.15) is 32.6 Å². The number of rotatable bonds is 7. The summed E-state index contributed by atoms with van der Waals surface area (Å²) in [5.41, 5.74) is -0.111. The summed E-state index contributed by atoms with van der Waals surface area (Å²) in [6.45, 7) is 2.57. The minimum Gasteiger partial charge on any atom is -0.258 e. The molecule has 0 aromatic heterocycles. The van der Waals surface area contributed by atoms with Gasteiger partial charge in [0.05, 0.1) is 9.82 Å². The number of piperidine rings is 1. The standard InChI is InChI=1S/C20H24N2O4S2/c1-2-20(27-17-8-4-3-5-9-17)19-10-6-7-15-21(19)28(25,26)18-13-11-16(12-14-18)22(23)24/h3-5,8-9,11-14,19-20H,2,6-7,10,15H2,1H3/t19-,20-/m1/s1. The second-order valence-corrected chi connectivity index (χ2v) is 10.0. The molecule has 0 amide bonds. The van der Waals surface area contributed by atoms with Crippen LogP contribution in [0.4, 0.5) is 5.69 Å². The Kier molecular flexibility index (Phi) is 6.74. The highest BCUT2D eigenvalue weighted by Crippen LogP contribution is 2.36. The molecule has 0 unspecified atom stereocenters. The van der Waals surface area contributed by atoms with Crippen molar-refractivity contribution >= 4 is 27.5 Å². The Morgan fingerprint density at radius 1 is 1.14 bits per heavy atom. The number of nitro benzene ring substituents is 1. The summed E-state index contributed by atoms with van der Waals surface area (Å²) in [6.07, 6.45) is 3.51. The van der Waals surface area contributed by atoms with Gasteiger partial charge in [-0.2, -0.15) is 4.31 Å². The average molecular weight is 421 g/mol. The molecule has 1 fully saturated rings. The third-order valence-corrected chi connectivity index (χ3v) is 8.45. The van der Waals surface area contributed by atoms with Gasteiger partial charge < -0.3 is 0 Å². The lowest BCUT2D eigenvalue weighted by atomic mass is 10.0. The Morgan fingerprint density at radius 2 is 1.82 bits per heavy atom. The van der Waals surface area contributed by atoms with Gasteiger partial charge in [-0.1, -0.05) is 31.5 Å². The van der Waals surface area contributed by atoms with E-state index in [2.05, 4.69) is 6.92 Å². The SMILES string of the molecule is CC[C@@H](Sc1ccccc1)[C@H]1CCCCN1S(=O)(=O)c1ccc([N+](=O)[O-])cc1. The zero-order chi connectivity index (χ0) is 20.1. The van der Waals surface area contributed by atoms with Crippen molar-refractivity contribution in [3.05, 3.63) is 64.7 Å². The largest absolute Gasteiger partial charge is 0.269 e. The molecule has 1 saturated heterocycles. The highest BCUT2D eigenvalue weighted by Gasteiger charge is 2.37. The number of nitrogens with zero attached hydrogens (tertiary/aromatic N) is 2. The quantitative estimate of drug-likeness (QED) is 0.368. The number of hydrogen-bond acceptors (Lipinski definition) is 5. The van der Waals surface area contributed by atoms with Crippen LogP contribution in [0, 0.1) is 10.1 Å². The van der Waals surface area contributed by atoms with Crippen LogP contribution in [0.15, 0.2) is 64.4 Å². The maximum absolute atomic E-state index is 13.3. The molecule has 2 aromatic carbocycles. The second kappa shape index (κ2) is 9.07. The number of nitro groups is 1. The van der Waals surface area contributed by atoms with Gasteiger partial charge in [0.2, 0.25) is 10.0 Å². The summed E-state index contributed by atoms with van der Waals surface area (Å²) in [5, 5.41) is 11.0. The van der Waals surface area contributed by atoms with Crippen molar-refractivity contribution in [2.45, 2.75) is 53.7 Å². The van der Waals surface area contributed by atoms with Crippen LogP contribution in [0.2, 0.25) is 0 Å². The van der Waals surface area contributed by atoms with E-state index in [1.54, 1.807) is 16.1 Å². The van der Waals surface area contributed by atoms with Crippen molar-refractivity contribution in [3.8, 4) is 0 Å². The van der Waals surface area contributed by atoms with Crippen LogP contribution < -0.4 is 0 Å². The molecule has 0 bridgehead atoms. The van der Waals surface area contributed by atoms with E-state index in [-0.39, 0.29) is 21.9 Å². The molecular formula is C20H24N2O4S2. The van der Waals surface area contributed by atoms with Crippen molar-refractivity contribution in [1.82, 2.24) is 4.31 Å². The number of hydrogen-bond donors (Lipinski definition) is 0. The zero-order valence-electron chi connectivity index (χ0n) is 15.7. The molecule has 28 heavy (non-hydrogen) atoms. The van der Waals surface area contributed by atoms with Crippen molar-refractivity contribution in [1.29, 1.82) is 0 Å². The highest BCUT2D eigenvalue weighted by atomic mass is 32.2. The van der Waals surface area contributed by atoms with Gasteiger partial charge in [-0.05, 0) is 43.5 Å². The number of non-ortho nitro benzene ring substituents is 1. The molecule has 2 atom stereocenters. The molecule has 0 radical (unpaired) electrons. The van der Waals surface area contributed by atoms with E-state index >= 15 is 0 Å². The van der Waals surface area contributed by atoms with E-state index in [4.69, 9.17) is 0 Å². The molecule has 1 aliphatic rings. The zero-order valence-corrected chi connectivity index (χ0v) is 17.4. The predicted octanol–water partition coefficient (Wildman–Crippen LogP) is 4.71. The monoisotopic (exact) mass is 420 g/mol. The maximum atomic E-state index is 13.3. The first-order valence-corrected chi connectivity index (χ1v) is 11.7. The van der Waals surface area contributed by atoms with Gasteiger partial charge >= 0.3 is 0 Å². The summed E-state index contributed by atoms with van der Waals surface area (Å²) in [7, 11) is -3.70. The molecule has 1 heterocycles. The fraction of sp³-hybridized carbons (Fsp3) is 0.400. The first-order chi connectivity index (χ1) is 13.4. The number of thioether (sulfide) groups is 1. The lowest BCUT2D eigenvalue weighted by Gasteiger charge is -2.39. The Balaban J connectivity index is 1.87. The van der Waals surface area contributed by atoms with Gasteiger partial charge in [0, 0.05) is 34.9 Å². The molecule has 0 aliphatic carbocycles. The molecule has 8 heteroatoms. The summed E-state index contributed by atoms with van der Waals surface area (Å²) < 4.78 is 28.2. The maximum Gasteiger partial charge on any atom is 0.269 e. The normalized spacial score (nSPS) is 19.2. The van der Waals surface area contributed by atoms with Crippen LogP contribution in [0.25, 0.3) is 0 Å². The lowest BCUT2D eigenvalue weighted by molar-refractivity contribution is -0.384. The second-order valence-electron chi connectivity index (χ2n) is 6.81. The Bertz CT molecular complexity index is 902. The molecule has 3 rings (SSSR count). The summed E-state index contributed by atoms with van der Waals surface area (Å²) in [4.78, 5) is 11.6. The van der Waals surface area contributed by atoms with Gasteiger partial charge in [0.15, 0.2) is 0 Å². The fourth-order valence-electron chi connectivity index (χ4n) is 3.58. The molecule has 6 nitrogen and oxygen atoms in total. The van der Waals surface area contributed by atoms with Crippen LogP contribution in [-0.2, 0) is 10.0 Å². The number of sulfonamides is 1. The first-order valence-electron chi connectivity index (χ1n) is 9.41. The van der Waals surface area contributed by atoms with Crippen LogP contribution in [-0.4, -0.2) is 35.5 Å². The van der Waals surface area contributed by atoms with Crippen molar-refractivity contribution in [2.75, 3.05) is 6.54 Å². The minimum absolute atomic E-state index is 0.0934. The number of benzene rings is 2. The van der Waals surface area contributed by atoms with Gasteiger partial charge in [0.25, 0.3) is 5.69 Å². The Hall–Kier alpha value is -1.90. The molecule has 150 valence electrons.